The number of nitrogens with zero attached hydrogens (tertiary/aromatic N) is 3. The lowest BCUT2D eigenvalue weighted by atomic mass is 10.1. The van der Waals surface area contributed by atoms with E-state index in [1.807, 2.05) is 30.3 Å². The first-order valence-corrected chi connectivity index (χ1v) is 7.27. The van der Waals surface area contributed by atoms with E-state index in [0.717, 1.165) is 10.8 Å². The van der Waals surface area contributed by atoms with Crippen molar-refractivity contribution in [2.24, 2.45) is 5.16 Å². The Kier molecular flexibility index (Phi) is 3.22. The molecule has 0 bridgehead atoms. The maximum atomic E-state index is 9.31. The van der Waals surface area contributed by atoms with Gasteiger partial charge in [-0.15, -0.1) is 0 Å². The molecule has 0 saturated heterocycles. The number of hydrogen-bond acceptors (Lipinski definition) is 4. The lowest BCUT2D eigenvalue weighted by Crippen LogP contribution is -2.03. The minimum Gasteiger partial charge on any atom is -0.456 e. The molecule has 5 heteroatoms. The van der Waals surface area contributed by atoms with E-state index in [1.165, 1.54) is 0 Å². The molecule has 0 atom stereocenters. The van der Waals surface area contributed by atoms with E-state index in [-0.39, 0.29) is 0 Å². The third-order valence-corrected chi connectivity index (χ3v) is 3.85. The monoisotopic (exact) mass is 313 g/mol. The van der Waals surface area contributed by atoms with E-state index in [4.69, 9.17) is 11.0 Å². The summed E-state index contributed by atoms with van der Waals surface area (Å²) in [5, 5.41) is 15.7. The Morgan fingerprint density at radius 3 is 2.67 bits per heavy atom. The highest BCUT2D eigenvalue weighted by molar-refractivity contribution is 5.86. The van der Waals surface area contributed by atoms with Crippen LogP contribution in [0.1, 0.15) is 0 Å². The Bertz CT molecular complexity index is 1190. The van der Waals surface area contributed by atoms with Gasteiger partial charge in [-0.05, 0) is 17.5 Å². The highest BCUT2D eigenvalue weighted by atomic mass is 16.4. The summed E-state index contributed by atoms with van der Waals surface area (Å²) in [7, 11) is 0. The Morgan fingerprint density at radius 2 is 1.88 bits per heavy atom. The van der Waals surface area contributed by atoms with E-state index in [0.29, 0.717) is 33.5 Å². The molecule has 4 rings (SSSR count). The van der Waals surface area contributed by atoms with Gasteiger partial charge in [0.25, 0.3) is 0 Å². The summed E-state index contributed by atoms with van der Waals surface area (Å²) in [5.41, 5.74) is 1.57. The molecule has 0 aliphatic heterocycles. The van der Waals surface area contributed by atoms with Gasteiger partial charge in [-0.3, -0.25) is 4.98 Å². The van der Waals surface area contributed by atoms with Gasteiger partial charge in [-0.2, -0.15) is 0 Å². The van der Waals surface area contributed by atoms with Crippen LogP contribution in [0.15, 0.2) is 70.4 Å². The average Bonchev–Trinajstić information content (AvgIpc) is 2.66. The summed E-state index contributed by atoms with van der Waals surface area (Å²) in [6.45, 7) is 7.12. The summed E-state index contributed by atoms with van der Waals surface area (Å²) < 4.78 is 5.90. The zero-order chi connectivity index (χ0) is 16.5. The van der Waals surface area contributed by atoms with Gasteiger partial charge in [0.05, 0.1) is 6.57 Å². The first kappa shape index (κ1) is 14.0. The summed E-state index contributed by atoms with van der Waals surface area (Å²) in [6, 6.07) is 16.4. The molecule has 0 aliphatic rings. The maximum absolute atomic E-state index is 9.31. The zero-order valence-corrected chi connectivity index (χ0v) is 12.5. The molecule has 114 valence electrons. The molecule has 1 N–H and O–H groups in total. The molecule has 0 fully saturated rings. The van der Waals surface area contributed by atoms with Crippen molar-refractivity contribution in [2.75, 3.05) is 0 Å². The molecule has 0 aliphatic carbocycles. The predicted molar refractivity (Wildman–Crippen MR) is 90.6 cm³/mol. The van der Waals surface area contributed by atoms with Crippen LogP contribution in [0.3, 0.4) is 0 Å². The highest BCUT2D eigenvalue weighted by Gasteiger charge is 2.09. The van der Waals surface area contributed by atoms with Crippen molar-refractivity contribution in [2.45, 2.75) is 0 Å². The molecule has 2 aromatic heterocycles. The lowest BCUT2D eigenvalue weighted by Gasteiger charge is -2.05. The third-order valence-electron chi connectivity index (χ3n) is 3.85. The van der Waals surface area contributed by atoms with Crippen LogP contribution in [0, 0.1) is 6.57 Å². The molecule has 0 radical (unpaired) electrons. The molecule has 2 heterocycles. The minimum absolute atomic E-state index is 0.373. The van der Waals surface area contributed by atoms with E-state index in [9.17, 15) is 5.21 Å². The van der Waals surface area contributed by atoms with Crippen molar-refractivity contribution >= 4 is 27.4 Å². The maximum Gasteiger partial charge on any atom is 0.190 e. The van der Waals surface area contributed by atoms with Gasteiger partial charge in [0.1, 0.15) is 16.6 Å². The van der Waals surface area contributed by atoms with Crippen molar-refractivity contribution < 1.29 is 9.62 Å². The number of hydrogen-bond donors (Lipinski definition) is 1. The second-order valence-corrected chi connectivity index (χ2v) is 5.30. The molecule has 0 saturated carbocycles. The molecule has 4 aromatic rings. The highest BCUT2D eigenvalue weighted by Crippen LogP contribution is 2.26. The molecular weight excluding hydrogens is 302 g/mol. The zero-order valence-electron chi connectivity index (χ0n) is 12.5. The van der Waals surface area contributed by atoms with Gasteiger partial charge < -0.3 is 9.62 Å². The summed E-state index contributed by atoms with van der Waals surface area (Å²) >= 11 is 0. The number of benzene rings is 2. The predicted octanol–water partition coefficient (Wildman–Crippen LogP) is 4.49. The summed E-state index contributed by atoms with van der Waals surface area (Å²) in [6.07, 6.45) is 1.77. The van der Waals surface area contributed by atoms with Crippen molar-refractivity contribution in [1.29, 1.82) is 0 Å². The lowest BCUT2D eigenvalue weighted by molar-refractivity contribution is 0.302. The Hall–Kier alpha value is -3.65. The minimum atomic E-state index is 0.373. The fourth-order valence-corrected chi connectivity index (χ4v) is 2.65. The van der Waals surface area contributed by atoms with Gasteiger partial charge in [0.2, 0.25) is 0 Å². The Balaban J connectivity index is 1.99. The topological polar surface area (TPSA) is 63.0 Å². The molecule has 0 amide bonds. The van der Waals surface area contributed by atoms with Crippen LogP contribution in [-0.4, -0.2) is 10.2 Å². The van der Waals surface area contributed by atoms with Gasteiger partial charge in [0, 0.05) is 23.0 Å². The van der Waals surface area contributed by atoms with E-state index in [2.05, 4.69) is 15.0 Å². The van der Waals surface area contributed by atoms with Crippen LogP contribution >= 0.6 is 0 Å². The molecule has 0 unspecified atom stereocenters. The van der Waals surface area contributed by atoms with Gasteiger partial charge in [-0.25, -0.2) is 4.85 Å². The Labute approximate surface area is 136 Å². The third kappa shape index (κ3) is 2.27. The summed E-state index contributed by atoms with van der Waals surface area (Å²) in [5.74, 6) is 0.475. The number of pyridine rings is 1. The number of rotatable bonds is 1. The normalized spacial score (nSPS) is 11.7. The quantitative estimate of drug-likeness (QED) is 0.320. The second-order valence-electron chi connectivity index (χ2n) is 5.30. The molecule has 2 aromatic carbocycles. The van der Waals surface area contributed by atoms with Crippen LogP contribution in [0.4, 0.5) is 5.69 Å². The van der Waals surface area contributed by atoms with Crippen molar-refractivity contribution in [1.82, 2.24) is 4.98 Å². The van der Waals surface area contributed by atoms with Crippen LogP contribution in [0.5, 0.6) is 0 Å². The smallest absolute Gasteiger partial charge is 0.190 e. The fourth-order valence-electron chi connectivity index (χ4n) is 2.65. The fraction of sp³-hybridized carbons (Fsp3) is 0. The van der Waals surface area contributed by atoms with Crippen molar-refractivity contribution in [3.05, 3.63) is 77.6 Å². The van der Waals surface area contributed by atoms with Crippen LogP contribution in [-0.2, 0) is 0 Å². The van der Waals surface area contributed by atoms with Crippen molar-refractivity contribution in [3.63, 3.8) is 0 Å². The largest absolute Gasteiger partial charge is 0.456 e. The Morgan fingerprint density at radius 1 is 1.04 bits per heavy atom. The first-order valence-electron chi connectivity index (χ1n) is 7.27. The van der Waals surface area contributed by atoms with E-state index >= 15 is 0 Å². The molecular formula is C19H11N3O2. The number of fused-ring (bicyclic) bond motifs is 2. The molecule has 0 spiro atoms. The standard InChI is InChI=1S/C19H11N3O2/c1-20-14-6-7-15-16(22-23)10-19(24-18(15)9-14)17-8-12-4-2-3-5-13(12)11-21-17/h2-11,23H/b22-16+. The summed E-state index contributed by atoms with van der Waals surface area (Å²) in [4.78, 5) is 7.83. The van der Waals surface area contributed by atoms with E-state index in [1.54, 1.807) is 30.5 Å². The van der Waals surface area contributed by atoms with Crippen LogP contribution < -0.4 is 5.36 Å². The van der Waals surface area contributed by atoms with Crippen molar-refractivity contribution in [3.8, 4) is 11.5 Å². The first-order chi connectivity index (χ1) is 11.8. The van der Waals surface area contributed by atoms with Crippen LogP contribution in [0.2, 0.25) is 0 Å². The average molecular weight is 313 g/mol. The molecule has 24 heavy (non-hydrogen) atoms. The van der Waals surface area contributed by atoms with Gasteiger partial charge in [-0.1, -0.05) is 41.6 Å². The second kappa shape index (κ2) is 5.52. The van der Waals surface area contributed by atoms with Gasteiger partial charge in [0.15, 0.2) is 11.4 Å². The number of aromatic nitrogens is 1. The van der Waals surface area contributed by atoms with E-state index < -0.39 is 0 Å². The van der Waals surface area contributed by atoms with Crippen LogP contribution in [0.25, 0.3) is 38.0 Å². The van der Waals surface area contributed by atoms with Gasteiger partial charge >= 0.3 is 0 Å². The SMILES string of the molecule is [C-]#[N+]c1ccc2/c(=N/O)cc(-c3cc4ccccc4cn3)oc2c1. The molecule has 5 nitrogen and oxygen atoms in total.